The van der Waals surface area contributed by atoms with Gasteiger partial charge in [0.15, 0.2) is 0 Å². The summed E-state index contributed by atoms with van der Waals surface area (Å²) in [6.07, 6.45) is 1.91. The van der Waals surface area contributed by atoms with Gasteiger partial charge in [0.2, 0.25) is 0 Å². The van der Waals surface area contributed by atoms with Gasteiger partial charge in [-0.2, -0.15) is 5.10 Å². The summed E-state index contributed by atoms with van der Waals surface area (Å²) in [6.45, 7) is 6.34. The Bertz CT molecular complexity index is 763. The lowest BCUT2D eigenvalue weighted by atomic mass is 10.0. The molecule has 0 aliphatic heterocycles. The lowest BCUT2D eigenvalue weighted by Gasteiger charge is -2.18. The maximum Gasteiger partial charge on any atom is 0.115 e. The van der Waals surface area contributed by atoms with Crippen molar-refractivity contribution in [3.8, 4) is 11.3 Å². The van der Waals surface area contributed by atoms with Gasteiger partial charge in [-0.05, 0) is 37.6 Å². The SMILES string of the molecule is CC(C)(C)n1cc(N)c(-c2ccc3ccccc3c2)n1. The number of hydrogen-bond acceptors (Lipinski definition) is 2. The number of rotatable bonds is 1. The van der Waals surface area contributed by atoms with Crippen LogP contribution in [0.1, 0.15) is 20.8 Å². The molecule has 3 nitrogen and oxygen atoms in total. The predicted molar refractivity (Wildman–Crippen MR) is 84.6 cm³/mol. The second kappa shape index (κ2) is 4.37. The fourth-order valence-corrected chi connectivity index (χ4v) is 2.29. The molecule has 0 spiro atoms. The van der Waals surface area contributed by atoms with Gasteiger partial charge in [0.1, 0.15) is 5.69 Å². The Balaban J connectivity index is 2.13. The number of hydrogen-bond donors (Lipinski definition) is 1. The number of nitrogens with two attached hydrogens (primary N) is 1. The highest BCUT2D eigenvalue weighted by atomic mass is 15.3. The van der Waals surface area contributed by atoms with E-state index in [9.17, 15) is 0 Å². The van der Waals surface area contributed by atoms with E-state index in [4.69, 9.17) is 5.73 Å². The highest BCUT2D eigenvalue weighted by Gasteiger charge is 2.17. The van der Waals surface area contributed by atoms with Crippen LogP contribution in [0.3, 0.4) is 0 Å². The van der Waals surface area contributed by atoms with Crippen molar-refractivity contribution in [2.45, 2.75) is 26.3 Å². The van der Waals surface area contributed by atoms with Gasteiger partial charge in [-0.3, -0.25) is 4.68 Å². The Kier molecular flexibility index (Phi) is 2.78. The Morgan fingerprint density at radius 2 is 1.70 bits per heavy atom. The molecule has 20 heavy (non-hydrogen) atoms. The lowest BCUT2D eigenvalue weighted by molar-refractivity contribution is 0.356. The minimum absolute atomic E-state index is 0.0663. The van der Waals surface area contributed by atoms with Crippen LogP contribution in [0.4, 0.5) is 5.69 Å². The van der Waals surface area contributed by atoms with Gasteiger partial charge in [0, 0.05) is 11.8 Å². The van der Waals surface area contributed by atoms with E-state index in [1.165, 1.54) is 10.8 Å². The average molecular weight is 265 g/mol. The van der Waals surface area contributed by atoms with Gasteiger partial charge in [0.05, 0.1) is 11.2 Å². The second-order valence-electron chi connectivity index (χ2n) is 6.11. The zero-order valence-electron chi connectivity index (χ0n) is 12.1. The largest absolute Gasteiger partial charge is 0.396 e. The van der Waals surface area contributed by atoms with E-state index in [-0.39, 0.29) is 5.54 Å². The molecular formula is C17H19N3. The van der Waals surface area contributed by atoms with Crippen LogP contribution < -0.4 is 5.73 Å². The van der Waals surface area contributed by atoms with E-state index < -0.39 is 0 Å². The molecule has 0 bridgehead atoms. The summed E-state index contributed by atoms with van der Waals surface area (Å²) in [4.78, 5) is 0. The van der Waals surface area contributed by atoms with Crippen molar-refractivity contribution < 1.29 is 0 Å². The van der Waals surface area contributed by atoms with Crippen molar-refractivity contribution in [1.29, 1.82) is 0 Å². The molecule has 0 aliphatic rings. The van der Waals surface area contributed by atoms with Gasteiger partial charge in [-0.25, -0.2) is 0 Å². The minimum Gasteiger partial charge on any atom is -0.396 e. The monoisotopic (exact) mass is 265 g/mol. The quantitative estimate of drug-likeness (QED) is 0.721. The number of nitrogens with zero attached hydrogens (tertiary/aromatic N) is 2. The normalized spacial score (nSPS) is 11.9. The molecule has 3 rings (SSSR count). The van der Waals surface area contributed by atoms with E-state index in [2.05, 4.69) is 56.2 Å². The predicted octanol–water partition coefficient (Wildman–Crippen LogP) is 4.04. The first-order chi connectivity index (χ1) is 9.45. The first-order valence-corrected chi connectivity index (χ1v) is 6.80. The van der Waals surface area contributed by atoms with Crippen LogP contribution in [0, 0.1) is 0 Å². The molecule has 0 radical (unpaired) electrons. The molecule has 0 saturated heterocycles. The molecule has 1 aromatic heterocycles. The number of anilines is 1. The number of benzene rings is 2. The van der Waals surface area contributed by atoms with Gasteiger partial charge >= 0.3 is 0 Å². The van der Waals surface area contributed by atoms with E-state index in [1.54, 1.807) is 0 Å². The number of aromatic nitrogens is 2. The molecular weight excluding hydrogens is 246 g/mol. The average Bonchev–Trinajstić information content (AvgIpc) is 2.80. The van der Waals surface area contributed by atoms with E-state index in [0.29, 0.717) is 0 Å². The summed E-state index contributed by atoms with van der Waals surface area (Å²) in [5.74, 6) is 0. The van der Waals surface area contributed by atoms with Crippen LogP contribution in [0.2, 0.25) is 0 Å². The van der Waals surface area contributed by atoms with Gasteiger partial charge < -0.3 is 5.73 Å². The molecule has 0 saturated carbocycles. The Labute approximate surface area is 119 Å². The molecule has 3 aromatic rings. The van der Waals surface area contributed by atoms with E-state index >= 15 is 0 Å². The molecule has 2 N–H and O–H groups in total. The maximum atomic E-state index is 6.13. The molecule has 102 valence electrons. The molecule has 0 fully saturated rings. The molecule has 0 aliphatic carbocycles. The van der Waals surface area contributed by atoms with Gasteiger partial charge in [0.25, 0.3) is 0 Å². The van der Waals surface area contributed by atoms with Crippen LogP contribution in [0.15, 0.2) is 48.7 Å². The maximum absolute atomic E-state index is 6.13. The zero-order chi connectivity index (χ0) is 14.3. The third kappa shape index (κ3) is 2.16. The summed E-state index contributed by atoms with van der Waals surface area (Å²) in [5.41, 5.74) is 8.69. The second-order valence-corrected chi connectivity index (χ2v) is 6.11. The van der Waals surface area contributed by atoms with Crippen molar-refractivity contribution in [2.75, 3.05) is 5.73 Å². The zero-order valence-corrected chi connectivity index (χ0v) is 12.1. The van der Waals surface area contributed by atoms with Crippen LogP contribution in [-0.2, 0) is 5.54 Å². The Hall–Kier alpha value is -2.29. The summed E-state index contributed by atoms with van der Waals surface area (Å²) in [5, 5.41) is 7.08. The van der Waals surface area contributed by atoms with Crippen molar-refractivity contribution in [2.24, 2.45) is 0 Å². The topological polar surface area (TPSA) is 43.8 Å². The summed E-state index contributed by atoms with van der Waals surface area (Å²) in [7, 11) is 0. The summed E-state index contributed by atoms with van der Waals surface area (Å²) < 4.78 is 1.92. The molecule has 3 heteroatoms. The minimum atomic E-state index is -0.0663. The van der Waals surface area contributed by atoms with Gasteiger partial charge in [-0.15, -0.1) is 0 Å². The van der Waals surface area contributed by atoms with Crippen molar-refractivity contribution in [1.82, 2.24) is 9.78 Å². The molecule has 0 amide bonds. The molecule has 1 heterocycles. The molecule has 0 unspecified atom stereocenters. The number of nitrogen functional groups attached to an aromatic ring is 1. The number of fused-ring (bicyclic) bond motifs is 1. The summed E-state index contributed by atoms with van der Waals surface area (Å²) >= 11 is 0. The fourth-order valence-electron chi connectivity index (χ4n) is 2.29. The Morgan fingerprint density at radius 3 is 2.35 bits per heavy atom. The lowest BCUT2D eigenvalue weighted by Crippen LogP contribution is -2.22. The third-order valence-corrected chi connectivity index (χ3v) is 3.45. The van der Waals surface area contributed by atoms with Crippen LogP contribution in [0.25, 0.3) is 22.0 Å². The smallest absolute Gasteiger partial charge is 0.115 e. The summed E-state index contributed by atoms with van der Waals surface area (Å²) in [6, 6.07) is 14.6. The standard InChI is InChI=1S/C17H19N3/c1-17(2,3)20-11-15(18)16(19-20)14-9-8-12-6-4-5-7-13(12)10-14/h4-11H,18H2,1-3H3. The highest BCUT2D eigenvalue weighted by Crippen LogP contribution is 2.29. The van der Waals surface area contributed by atoms with Crippen molar-refractivity contribution >= 4 is 16.5 Å². The van der Waals surface area contributed by atoms with Crippen LogP contribution in [-0.4, -0.2) is 9.78 Å². The van der Waals surface area contributed by atoms with E-state index in [1.807, 2.05) is 23.0 Å². The first-order valence-electron chi connectivity index (χ1n) is 6.80. The Morgan fingerprint density at radius 1 is 1.00 bits per heavy atom. The molecule has 2 aromatic carbocycles. The fraction of sp³-hybridized carbons (Fsp3) is 0.235. The van der Waals surface area contributed by atoms with Crippen molar-refractivity contribution in [3.05, 3.63) is 48.7 Å². The van der Waals surface area contributed by atoms with E-state index in [0.717, 1.165) is 16.9 Å². The highest BCUT2D eigenvalue weighted by molar-refractivity contribution is 5.88. The molecule has 0 atom stereocenters. The third-order valence-electron chi connectivity index (χ3n) is 3.45. The first kappa shape index (κ1) is 12.7. The van der Waals surface area contributed by atoms with Gasteiger partial charge in [-0.1, -0.05) is 36.4 Å². The van der Waals surface area contributed by atoms with Crippen molar-refractivity contribution in [3.63, 3.8) is 0 Å². The van der Waals surface area contributed by atoms with Crippen LogP contribution in [0.5, 0.6) is 0 Å². The van der Waals surface area contributed by atoms with Crippen LogP contribution >= 0.6 is 0 Å².